The van der Waals surface area contributed by atoms with Crippen LogP contribution in [0.15, 0.2) is 18.2 Å². The summed E-state index contributed by atoms with van der Waals surface area (Å²) in [6, 6.07) is 4.87. The third-order valence-electron chi connectivity index (χ3n) is 4.44. The van der Waals surface area contributed by atoms with E-state index in [1.807, 2.05) is 0 Å². The highest BCUT2D eigenvalue weighted by molar-refractivity contribution is 5.98. The third kappa shape index (κ3) is 3.69. The fourth-order valence-corrected chi connectivity index (χ4v) is 3.55. The summed E-state index contributed by atoms with van der Waals surface area (Å²) in [6.07, 6.45) is 5.97. The van der Waals surface area contributed by atoms with Crippen LogP contribution in [0, 0.1) is 11.3 Å². The maximum Gasteiger partial charge on any atom is 0.255 e. The third-order valence-corrected chi connectivity index (χ3v) is 4.44. The molecule has 1 fully saturated rings. The number of carbonyl (C=O) groups is 1. The van der Waals surface area contributed by atoms with Gasteiger partial charge in [-0.1, -0.05) is 32.8 Å². The second kappa shape index (κ2) is 6.37. The minimum Gasteiger partial charge on any atom is -0.505 e. The summed E-state index contributed by atoms with van der Waals surface area (Å²) in [6.45, 7) is 5.13. The number of carbonyl (C=O) groups excluding carboxylic acids is 1. The van der Waals surface area contributed by atoms with Crippen LogP contribution in [0.3, 0.4) is 0 Å². The van der Waals surface area contributed by atoms with Crippen molar-refractivity contribution in [3.63, 3.8) is 0 Å². The maximum atomic E-state index is 12.3. The molecule has 4 nitrogen and oxygen atoms in total. The van der Waals surface area contributed by atoms with E-state index in [1.54, 1.807) is 18.2 Å². The molecule has 0 radical (unpaired) electrons. The Labute approximate surface area is 126 Å². The summed E-state index contributed by atoms with van der Waals surface area (Å²) in [5.74, 6) is 0.259. The Morgan fingerprint density at radius 1 is 1.38 bits per heavy atom. The number of aromatic hydroxyl groups is 1. The summed E-state index contributed by atoms with van der Waals surface area (Å²) in [5.41, 5.74) is 6.35. The summed E-state index contributed by atoms with van der Waals surface area (Å²) in [7, 11) is 0. The van der Waals surface area contributed by atoms with E-state index in [1.165, 1.54) is 25.7 Å². The predicted molar refractivity (Wildman–Crippen MR) is 85.2 cm³/mol. The Morgan fingerprint density at radius 3 is 2.67 bits per heavy atom. The molecule has 1 amide bonds. The molecule has 1 aliphatic carbocycles. The lowest BCUT2D eigenvalue weighted by molar-refractivity contribution is 0.0919. The van der Waals surface area contributed by atoms with Gasteiger partial charge in [-0.2, -0.15) is 0 Å². The summed E-state index contributed by atoms with van der Waals surface area (Å²) in [4.78, 5) is 12.3. The van der Waals surface area contributed by atoms with E-state index >= 15 is 0 Å². The molecule has 1 saturated carbocycles. The Hall–Kier alpha value is -1.71. The zero-order valence-electron chi connectivity index (χ0n) is 13.0. The zero-order valence-corrected chi connectivity index (χ0v) is 13.0. The fraction of sp³-hybridized carbons (Fsp3) is 0.588. The van der Waals surface area contributed by atoms with Crippen LogP contribution in [-0.2, 0) is 0 Å². The van der Waals surface area contributed by atoms with Crippen LogP contribution in [0.1, 0.15) is 56.3 Å². The van der Waals surface area contributed by atoms with Crippen LogP contribution < -0.4 is 11.1 Å². The Kier molecular flexibility index (Phi) is 4.76. The summed E-state index contributed by atoms with van der Waals surface area (Å²) >= 11 is 0. The Bertz CT molecular complexity index is 506. The number of hydrogen-bond donors (Lipinski definition) is 3. The molecule has 0 heterocycles. The predicted octanol–water partition coefficient (Wildman–Crippen LogP) is 3.31. The van der Waals surface area contributed by atoms with E-state index in [-0.39, 0.29) is 28.3 Å². The first-order chi connectivity index (χ1) is 9.93. The molecular weight excluding hydrogens is 264 g/mol. The van der Waals surface area contributed by atoms with Gasteiger partial charge >= 0.3 is 0 Å². The van der Waals surface area contributed by atoms with Crippen molar-refractivity contribution < 1.29 is 9.90 Å². The second-order valence-electron chi connectivity index (χ2n) is 6.73. The molecule has 1 aromatic carbocycles. The fourth-order valence-electron chi connectivity index (χ4n) is 3.55. The molecule has 0 saturated heterocycles. The van der Waals surface area contributed by atoms with Gasteiger partial charge < -0.3 is 16.2 Å². The second-order valence-corrected chi connectivity index (χ2v) is 6.73. The number of anilines is 1. The molecule has 0 atom stereocenters. The number of phenols is 1. The normalized spacial score (nSPS) is 17.1. The molecule has 116 valence electrons. The highest BCUT2D eigenvalue weighted by Crippen LogP contribution is 2.42. The summed E-state index contributed by atoms with van der Waals surface area (Å²) < 4.78 is 0. The van der Waals surface area contributed by atoms with Gasteiger partial charge in [0.05, 0.1) is 11.3 Å². The first-order valence-electron chi connectivity index (χ1n) is 7.79. The molecule has 0 unspecified atom stereocenters. The average molecular weight is 290 g/mol. The number of nitrogens with one attached hydrogen (secondary N) is 1. The van der Waals surface area contributed by atoms with Crippen LogP contribution >= 0.6 is 0 Å². The number of nitrogen functional groups attached to an aromatic ring is 1. The molecule has 0 aliphatic heterocycles. The first kappa shape index (κ1) is 15.7. The lowest BCUT2D eigenvalue weighted by atomic mass is 9.78. The van der Waals surface area contributed by atoms with Crippen molar-refractivity contribution in [3.05, 3.63) is 23.8 Å². The highest BCUT2D eigenvalue weighted by atomic mass is 16.3. The smallest absolute Gasteiger partial charge is 0.255 e. The van der Waals surface area contributed by atoms with E-state index in [2.05, 4.69) is 19.2 Å². The van der Waals surface area contributed by atoms with E-state index in [0.717, 1.165) is 6.42 Å². The van der Waals surface area contributed by atoms with Crippen LogP contribution in [0.25, 0.3) is 0 Å². The number of para-hydroxylation sites is 1. The topological polar surface area (TPSA) is 75.4 Å². The lowest BCUT2D eigenvalue weighted by Gasteiger charge is -2.31. The van der Waals surface area contributed by atoms with Crippen molar-refractivity contribution in [1.29, 1.82) is 0 Å². The lowest BCUT2D eigenvalue weighted by Crippen LogP contribution is -2.37. The standard InChI is InChI=1S/C17H26N2O2/c1-12(2)10-17(8-3-4-9-17)11-19-16(21)13-6-5-7-14(18)15(13)20/h5-7,12,20H,3-4,8-11,18H2,1-2H3,(H,19,21). The van der Waals surface area contributed by atoms with Gasteiger partial charge in [0, 0.05) is 6.54 Å². The van der Waals surface area contributed by atoms with E-state index in [0.29, 0.717) is 12.5 Å². The minimum absolute atomic E-state index is 0.126. The van der Waals surface area contributed by atoms with Crippen LogP contribution in [0.4, 0.5) is 5.69 Å². The van der Waals surface area contributed by atoms with Crippen molar-refractivity contribution >= 4 is 11.6 Å². The van der Waals surface area contributed by atoms with Gasteiger partial charge in [0.2, 0.25) is 0 Å². The van der Waals surface area contributed by atoms with E-state index in [4.69, 9.17) is 5.73 Å². The Balaban J connectivity index is 2.04. The van der Waals surface area contributed by atoms with Crippen LogP contribution in [-0.4, -0.2) is 17.6 Å². The maximum absolute atomic E-state index is 12.3. The van der Waals surface area contributed by atoms with Gasteiger partial charge in [-0.25, -0.2) is 0 Å². The molecule has 4 N–H and O–H groups in total. The van der Waals surface area contributed by atoms with Gasteiger partial charge in [-0.15, -0.1) is 0 Å². The van der Waals surface area contributed by atoms with Crippen molar-refractivity contribution in [2.75, 3.05) is 12.3 Å². The van der Waals surface area contributed by atoms with Crippen molar-refractivity contribution in [2.24, 2.45) is 11.3 Å². The molecule has 2 rings (SSSR count). The number of benzene rings is 1. The number of nitrogens with two attached hydrogens (primary N) is 1. The number of phenolic OH excluding ortho intramolecular Hbond substituents is 1. The monoisotopic (exact) mass is 290 g/mol. The molecule has 4 heteroatoms. The first-order valence-corrected chi connectivity index (χ1v) is 7.79. The van der Waals surface area contributed by atoms with Gasteiger partial charge in [0.15, 0.2) is 5.75 Å². The van der Waals surface area contributed by atoms with Crippen LogP contribution in [0.5, 0.6) is 5.75 Å². The molecule has 0 spiro atoms. The number of hydrogen-bond acceptors (Lipinski definition) is 3. The molecule has 1 aliphatic rings. The largest absolute Gasteiger partial charge is 0.505 e. The molecule has 0 bridgehead atoms. The van der Waals surface area contributed by atoms with Crippen molar-refractivity contribution in [1.82, 2.24) is 5.32 Å². The number of rotatable bonds is 5. The van der Waals surface area contributed by atoms with E-state index < -0.39 is 0 Å². The van der Waals surface area contributed by atoms with E-state index in [9.17, 15) is 9.90 Å². The van der Waals surface area contributed by atoms with Crippen LogP contribution in [0.2, 0.25) is 0 Å². The van der Waals surface area contributed by atoms with Gasteiger partial charge in [0.25, 0.3) is 5.91 Å². The quantitative estimate of drug-likeness (QED) is 0.575. The van der Waals surface area contributed by atoms with Gasteiger partial charge in [0.1, 0.15) is 0 Å². The zero-order chi connectivity index (χ0) is 15.5. The highest BCUT2D eigenvalue weighted by Gasteiger charge is 2.34. The summed E-state index contributed by atoms with van der Waals surface area (Å²) in [5, 5.41) is 12.9. The van der Waals surface area contributed by atoms with Crippen molar-refractivity contribution in [2.45, 2.75) is 46.0 Å². The van der Waals surface area contributed by atoms with Gasteiger partial charge in [-0.3, -0.25) is 4.79 Å². The molecule has 21 heavy (non-hydrogen) atoms. The number of amides is 1. The minimum atomic E-state index is -0.241. The molecule has 1 aromatic rings. The molecular formula is C17H26N2O2. The van der Waals surface area contributed by atoms with Crippen molar-refractivity contribution in [3.8, 4) is 5.75 Å². The average Bonchev–Trinajstić information content (AvgIpc) is 2.87. The Morgan fingerprint density at radius 2 is 2.05 bits per heavy atom. The SMILES string of the molecule is CC(C)CC1(CNC(=O)c2cccc(N)c2O)CCCC1. The molecule has 0 aromatic heterocycles. The van der Waals surface area contributed by atoms with Gasteiger partial charge in [-0.05, 0) is 42.7 Å².